The summed E-state index contributed by atoms with van der Waals surface area (Å²) in [5.41, 5.74) is 1.06. The van der Waals surface area contributed by atoms with Gasteiger partial charge in [-0.05, 0) is 50.9 Å². The zero-order valence-corrected chi connectivity index (χ0v) is 13.3. The predicted octanol–water partition coefficient (Wildman–Crippen LogP) is 3.79. The van der Waals surface area contributed by atoms with Gasteiger partial charge in [-0.15, -0.1) is 0 Å². The molecule has 0 amide bonds. The fraction of sp³-hybridized carbons (Fsp3) is 0.600. The molecule has 0 radical (unpaired) electrons. The first-order chi connectivity index (χ1) is 9.19. The molecule has 0 saturated carbocycles. The summed E-state index contributed by atoms with van der Waals surface area (Å²) in [5.74, 6) is 0.895. The van der Waals surface area contributed by atoms with Gasteiger partial charge in [0.15, 0.2) is 0 Å². The molecule has 1 saturated heterocycles. The van der Waals surface area contributed by atoms with Gasteiger partial charge in [0.05, 0.1) is 12.8 Å². The van der Waals surface area contributed by atoms with E-state index in [2.05, 4.69) is 39.6 Å². The number of anilines is 1. The topological polar surface area (TPSA) is 33.3 Å². The van der Waals surface area contributed by atoms with Crippen LogP contribution in [0.25, 0.3) is 0 Å². The number of hydrogen-bond acceptors (Lipinski definition) is 3. The van der Waals surface area contributed by atoms with Gasteiger partial charge in [-0.2, -0.15) is 0 Å². The van der Waals surface area contributed by atoms with Crippen LogP contribution >= 0.6 is 15.9 Å². The Balaban J connectivity index is 1.93. The van der Waals surface area contributed by atoms with E-state index in [0.717, 1.165) is 28.9 Å². The molecular formula is C15H23BrN2O. The minimum Gasteiger partial charge on any atom is -0.495 e. The van der Waals surface area contributed by atoms with Gasteiger partial charge in [-0.25, -0.2) is 0 Å². The first-order valence-corrected chi connectivity index (χ1v) is 7.82. The molecule has 2 unspecified atom stereocenters. The predicted molar refractivity (Wildman–Crippen MR) is 84.0 cm³/mol. The van der Waals surface area contributed by atoms with E-state index in [1.54, 1.807) is 7.11 Å². The van der Waals surface area contributed by atoms with Crippen LogP contribution in [0.15, 0.2) is 22.7 Å². The second kappa shape index (κ2) is 7.15. The van der Waals surface area contributed by atoms with E-state index in [1.165, 1.54) is 19.3 Å². The SMILES string of the molecule is COc1ccc(Br)cc1NC(C)CC1CCCCN1. The molecule has 1 aliphatic heterocycles. The van der Waals surface area contributed by atoms with Crippen molar-refractivity contribution < 1.29 is 4.74 Å². The van der Waals surface area contributed by atoms with E-state index in [1.807, 2.05) is 12.1 Å². The van der Waals surface area contributed by atoms with E-state index in [4.69, 9.17) is 4.74 Å². The van der Waals surface area contributed by atoms with Crippen molar-refractivity contribution in [2.24, 2.45) is 0 Å². The largest absolute Gasteiger partial charge is 0.495 e. The van der Waals surface area contributed by atoms with E-state index in [0.29, 0.717) is 12.1 Å². The Morgan fingerprint density at radius 2 is 2.32 bits per heavy atom. The van der Waals surface area contributed by atoms with Crippen LogP contribution in [-0.4, -0.2) is 25.7 Å². The highest BCUT2D eigenvalue weighted by molar-refractivity contribution is 9.10. The van der Waals surface area contributed by atoms with Gasteiger partial charge in [0.2, 0.25) is 0 Å². The highest BCUT2D eigenvalue weighted by atomic mass is 79.9. The molecular weight excluding hydrogens is 304 g/mol. The third kappa shape index (κ3) is 4.39. The molecule has 2 atom stereocenters. The van der Waals surface area contributed by atoms with Crippen molar-refractivity contribution in [1.82, 2.24) is 5.32 Å². The Morgan fingerprint density at radius 3 is 3.00 bits per heavy atom. The maximum absolute atomic E-state index is 5.39. The Morgan fingerprint density at radius 1 is 1.47 bits per heavy atom. The molecule has 0 aromatic heterocycles. The lowest BCUT2D eigenvalue weighted by atomic mass is 9.98. The Bertz CT molecular complexity index is 405. The summed E-state index contributed by atoms with van der Waals surface area (Å²) in [4.78, 5) is 0. The molecule has 1 aromatic carbocycles. The summed E-state index contributed by atoms with van der Waals surface area (Å²) in [6.07, 6.45) is 5.11. The quantitative estimate of drug-likeness (QED) is 0.863. The molecule has 2 N–H and O–H groups in total. The van der Waals surface area contributed by atoms with Gasteiger partial charge in [0.1, 0.15) is 5.75 Å². The highest BCUT2D eigenvalue weighted by Crippen LogP contribution is 2.29. The number of benzene rings is 1. The van der Waals surface area contributed by atoms with Crippen LogP contribution in [0.3, 0.4) is 0 Å². The third-order valence-electron chi connectivity index (χ3n) is 3.61. The van der Waals surface area contributed by atoms with Gasteiger partial charge in [0, 0.05) is 16.6 Å². The van der Waals surface area contributed by atoms with Gasteiger partial charge < -0.3 is 15.4 Å². The maximum atomic E-state index is 5.39. The Labute approximate surface area is 124 Å². The lowest BCUT2D eigenvalue weighted by Gasteiger charge is -2.27. The molecule has 1 aromatic rings. The lowest BCUT2D eigenvalue weighted by molar-refractivity contribution is 0.370. The van der Waals surface area contributed by atoms with E-state index >= 15 is 0 Å². The van der Waals surface area contributed by atoms with Crippen molar-refractivity contribution in [3.8, 4) is 5.75 Å². The van der Waals surface area contributed by atoms with Crippen LogP contribution < -0.4 is 15.4 Å². The first kappa shape index (κ1) is 14.7. The number of methoxy groups -OCH3 is 1. The van der Waals surface area contributed by atoms with Crippen molar-refractivity contribution >= 4 is 21.6 Å². The van der Waals surface area contributed by atoms with Crippen molar-refractivity contribution in [1.29, 1.82) is 0 Å². The van der Waals surface area contributed by atoms with E-state index < -0.39 is 0 Å². The number of nitrogens with one attached hydrogen (secondary N) is 2. The minimum atomic E-state index is 0.429. The summed E-state index contributed by atoms with van der Waals surface area (Å²) in [7, 11) is 1.71. The van der Waals surface area contributed by atoms with Crippen LogP contribution in [0.4, 0.5) is 5.69 Å². The van der Waals surface area contributed by atoms with Crippen molar-refractivity contribution in [2.75, 3.05) is 19.0 Å². The summed E-state index contributed by atoms with van der Waals surface area (Å²) < 4.78 is 6.46. The standard InChI is InChI=1S/C15H23BrN2O/c1-11(9-13-5-3-4-8-17-13)18-14-10-12(16)6-7-15(14)19-2/h6-7,10-11,13,17-18H,3-5,8-9H2,1-2H3. The smallest absolute Gasteiger partial charge is 0.142 e. The number of rotatable bonds is 5. The number of ether oxygens (including phenoxy) is 1. The normalized spacial score (nSPS) is 20.9. The molecule has 1 heterocycles. The highest BCUT2D eigenvalue weighted by Gasteiger charge is 2.16. The van der Waals surface area contributed by atoms with Crippen LogP contribution in [0.5, 0.6) is 5.75 Å². The van der Waals surface area contributed by atoms with Gasteiger partial charge in [-0.1, -0.05) is 22.4 Å². The fourth-order valence-electron chi connectivity index (χ4n) is 2.67. The molecule has 19 heavy (non-hydrogen) atoms. The summed E-state index contributed by atoms with van der Waals surface area (Å²) in [5, 5.41) is 7.15. The fourth-order valence-corrected chi connectivity index (χ4v) is 3.03. The summed E-state index contributed by atoms with van der Waals surface area (Å²) in [6.45, 7) is 3.40. The van der Waals surface area contributed by atoms with Gasteiger partial charge in [-0.3, -0.25) is 0 Å². The van der Waals surface area contributed by atoms with Crippen LogP contribution in [0.1, 0.15) is 32.6 Å². The summed E-state index contributed by atoms with van der Waals surface area (Å²) in [6, 6.07) is 7.13. The molecule has 0 spiro atoms. The maximum Gasteiger partial charge on any atom is 0.142 e. The van der Waals surface area contributed by atoms with Crippen LogP contribution in [0.2, 0.25) is 0 Å². The lowest BCUT2D eigenvalue weighted by Crippen LogP contribution is -2.37. The number of hydrogen-bond donors (Lipinski definition) is 2. The second-order valence-corrected chi connectivity index (χ2v) is 6.19. The zero-order chi connectivity index (χ0) is 13.7. The monoisotopic (exact) mass is 326 g/mol. The minimum absolute atomic E-state index is 0.429. The number of halogens is 1. The molecule has 2 rings (SSSR count). The first-order valence-electron chi connectivity index (χ1n) is 7.02. The zero-order valence-electron chi connectivity index (χ0n) is 11.7. The average Bonchev–Trinajstić information content (AvgIpc) is 2.40. The molecule has 3 nitrogen and oxygen atoms in total. The molecule has 1 fully saturated rings. The number of piperidine rings is 1. The van der Waals surface area contributed by atoms with E-state index in [-0.39, 0.29) is 0 Å². The Kier molecular flexibility index (Phi) is 5.52. The van der Waals surface area contributed by atoms with Crippen molar-refractivity contribution in [3.63, 3.8) is 0 Å². The van der Waals surface area contributed by atoms with E-state index in [9.17, 15) is 0 Å². The second-order valence-electron chi connectivity index (χ2n) is 5.27. The molecule has 0 bridgehead atoms. The van der Waals surface area contributed by atoms with Crippen LogP contribution in [0, 0.1) is 0 Å². The molecule has 106 valence electrons. The molecule has 4 heteroatoms. The van der Waals surface area contributed by atoms with Gasteiger partial charge >= 0.3 is 0 Å². The molecule has 0 aliphatic carbocycles. The van der Waals surface area contributed by atoms with Crippen molar-refractivity contribution in [2.45, 2.75) is 44.7 Å². The van der Waals surface area contributed by atoms with Crippen molar-refractivity contribution in [3.05, 3.63) is 22.7 Å². The third-order valence-corrected chi connectivity index (χ3v) is 4.11. The Hall–Kier alpha value is -0.740. The summed E-state index contributed by atoms with van der Waals surface area (Å²) >= 11 is 3.51. The average molecular weight is 327 g/mol. The molecule has 1 aliphatic rings. The van der Waals surface area contributed by atoms with Gasteiger partial charge in [0.25, 0.3) is 0 Å². The van der Waals surface area contributed by atoms with Crippen LogP contribution in [-0.2, 0) is 0 Å².